The van der Waals surface area contributed by atoms with Crippen molar-refractivity contribution in [3.8, 4) is 0 Å². The van der Waals surface area contributed by atoms with Crippen LogP contribution < -0.4 is 5.32 Å². The van der Waals surface area contributed by atoms with Gasteiger partial charge in [0.05, 0.1) is 16.1 Å². The zero-order valence-electron chi connectivity index (χ0n) is 11.5. The van der Waals surface area contributed by atoms with E-state index in [-0.39, 0.29) is 16.7 Å². The van der Waals surface area contributed by atoms with Gasteiger partial charge in [-0.05, 0) is 18.9 Å². The molecule has 1 aromatic carbocycles. The quantitative estimate of drug-likeness (QED) is 0.652. The van der Waals surface area contributed by atoms with Crippen molar-refractivity contribution in [1.29, 1.82) is 0 Å². The van der Waals surface area contributed by atoms with Crippen LogP contribution in [-0.4, -0.2) is 9.91 Å². The van der Waals surface area contributed by atoms with Crippen molar-refractivity contribution in [2.75, 3.05) is 0 Å². The molecule has 0 spiro atoms. The molecule has 0 bridgehead atoms. The summed E-state index contributed by atoms with van der Waals surface area (Å²) < 4.78 is 0. The van der Waals surface area contributed by atoms with Crippen LogP contribution >= 0.6 is 11.3 Å². The van der Waals surface area contributed by atoms with E-state index in [2.05, 4.69) is 17.2 Å². The Kier molecular flexibility index (Phi) is 4.81. The highest BCUT2D eigenvalue weighted by molar-refractivity contribution is 7.09. The average Bonchev–Trinajstić information content (AvgIpc) is 2.85. The van der Waals surface area contributed by atoms with Gasteiger partial charge in [0.2, 0.25) is 0 Å². The number of thiazole rings is 1. The van der Waals surface area contributed by atoms with E-state index >= 15 is 0 Å². The summed E-state index contributed by atoms with van der Waals surface area (Å²) in [4.78, 5) is 15.9. The van der Waals surface area contributed by atoms with Crippen LogP contribution in [0.5, 0.6) is 0 Å². The molecule has 1 unspecified atom stereocenters. The van der Waals surface area contributed by atoms with Crippen molar-refractivity contribution in [2.45, 2.75) is 32.9 Å². The Labute approximate surface area is 121 Å². The number of aromatic nitrogens is 1. The molecule has 1 aromatic heterocycles. The fourth-order valence-corrected chi connectivity index (χ4v) is 2.79. The van der Waals surface area contributed by atoms with Gasteiger partial charge < -0.3 is 5.32 Å². The first kappa shape index (κ1) is 14.6. The van der Waals surface area contributed by atoms with Gasteiger partial charge in [0, 0.05) is 29.6 Å². The number of rotatable bonds is 6. The van der Waals surface area contributed by atoms with Crippen molar-refractivity contribution in [3.63, 3.8) is 0 Å². The minimum atomic E-state index is -0.358. The second-order valence-corrected chi connectivity index (χ2v) is 5.49. The maximum Gasteiger partial charge on any atom is 0.269 e. The second-order valence-electron chi connectivity index (χ2n) is 4.55. The van der Waals surface area contributed by atoms with Gasteiger partial charge >= 0.3 is 0 Å². The molecule has 0 radical (unpaired) electrons. The van der Waals surface area contributed by atoms with Crippen LogP contribution in [-0.2, 0) is 6.54 Å². The highest BCUT2D eigenvalue weighted by Crippen LogP contribution is 2.22. The Morgan fingerprint density at radius 2 is 2.30 bits per heavy atom. The lowest BCUT2D eigenvalue weighted by molar-refractivity contribution is -0.384. The minimum Gasteiger partial charge on any atom is -0.305 e. The smallest absolute Gasteiger partial charge is 0.269 e. The monoisotopic (exact) mass is 291 g/mol. The summed E-state index contributed by atoms with van der Waals surface area (Å²) in [7, 11) is 0. The Hall–Kier alpha value is -1.79. The van der Waals surface area contributed by atoms with Crippen molar-refractivity contribution in [1.82, 2.24) is 10.3 Å². The molecule has 2 rings (SSSR count). The highest BCUT2D eigenvalue weighted by atomic mass is 32.1. The lowest BCUT2D eigenvalue weighted by Crippen LogP contribution is -2.20. The largest absolute Gasteiger partial charge is 0.305 e. The fourth-order valence-electron chi connectivity index (χ4n) is 2.06. The van der Waals surface area contributed by atoms with E-state index in [0.717, 1.165) is 24.2 Å². The predicted molar refractivity (Wildman–Crippen MR) is 79.8 cm³/mol. The van der Waals surface area contributed by atoms with Crippen molar-refractivity contribution < 1.29 is 4.92 Å². The van der Waals surface area contributed by atoms with Gasteiger partial charge in [0.25, 0.3) is 5.69 Å². The maximum atomic E-state index is 10.8. The molecule has 1 atom stereocenters. The first-order chi connectivity index (χ1) is 9.61. The molecule has 106 valence electrons. The van der Waals surface area contributed by atoms with E-state index in [4.69, 9.17) is 0 Å². The van der Waals surface area contributed by atoms with Crippen molar-refractivity contribution in [3.05, 3.63) is 56.0 Å². The van der Waals surface area contributed by atoms with Crippen LogP contribution in [0.3, 0.4) is 0 Å². The van der Waals surface area contributed by atoms with Crippen molar-refractivity contribution >= 4 is 17.0 Å². The third-order valence-electron chi connectivity index (χ3n) is 3.25. The normalized spacial score (nSPS) is 12.3. The number of hydrogen-bond donors (Lipinski definition) is 1. The third kappa shape index (κ3) is 3.40. The zero-order chi connectivity index (χ0) is 14.5. The first-order valence-electron chi connectivity index (χ1n) is 6.48. The molecule has 0 saturated carbocycles. The summed E-state index contributed by atoms with van der Waals surface area (Å²) in [6.07, 6.45) is 0.874. The molecule has 1 N–H and O–H groups in total. The summed E-state index contributed by atoms with van der Waals surface area (Å²) in [5.74, 6) is 0. The molecule has 0 saturated heterocycles. The van der Waals surface area contributed by atoms with E-state index in [0.29, 0.717) is 0 Å². The molecule has 0 amide bonds. The standard InChI is InChI=1S/C14H17N3O2S/c1-3-13(15-8-14-10(2)16-9-20-14)11-5-4-6-12(7-11)17(18)19/h4-7,9,13,15H,3,8H2,1-2H3. The van der Waals surface area contributed by atoms with E-state index in [1.807, 2.05) is 18.5 Å². The summed E-state index contributed by atoms with van der Waals surface area (Å²) in [5.41, 5.74) is 3.96. The first-order valence-corrected chi connectivity index (χ1v) is 7.36. The van der Waals surface area contributed by atoms with E-state index in [1.54, 1.807) is 23.5 Å². The second kappa shape index (κ2) is 6.58. The zero-order valence-corrected chi connectivity index (χ0v) is 12.3. The number of non-ortho nitro benzene ring substituents is 1. The molecular weight excluding hydrogens is 274 g/mol. The Morgan fingerprint density at radius 1 is 1.50 bits per heavy atom. The van der Waals surface area contributed by atoms with Gasteiger partial charge in [-0.1, -0.05) is 19.1 Å². The topological polar surface area (TPSA) is 68.1 Å². The van der Waals surface area contributed by atoms with E-state index in [9.17, 15) is 10.1 Å². The molecular formula is C14H17N3O2S. The average molecular weight is 291 g/mol. The number of benzene rings is 1. The lowest BCUT2D eigenvalue weighted by atomic mass is 10.0. The number of hydrogen-bond acceptors (Lipinski definition) is 5. The molecule has 0 aliphatic rings. The molecule has 6 heteroatoms. The Bertz CT molecular complexity index is 598. The van der Waals surface area contributed by atoms with Crippen molar-refractivity contribution in [2.24, 2.45) is 0 Å². The van der Waals surface area contributed by atoms with Gasteiger partial charge in [0.15, 0.2) is 0 Å². The summed E-state index contributed by atoms with van der Waals surface area (Å²) in [5, 5.41) is 14.3. The van der Waals surface area contributed by atoms with E-state index in [1.165, 1.54) is 10.9 Å². The Morgan fingerprint density at radius 3 is 2.90 bits per heavy atom. The number of aryl methyl sites for hydroxylation is 1. The van der Waals surface area contributed by atoms with Gasteiger partial charge in [-0.3, -0.25) is 10.1 Å². The summed E-state index contributed by atoms with van der Waals surface area (Å²) in [6, 6.07) is 6.92. The van der Waals surface area contributed by atoms with E-state index < -0.39 is 0 Å². The number of nitro benzene ring substituents is 1. The number of nitrogens with zero attached hydrogens (tertiary/aromatic N) is 2. The Balaban J connectivity index is 2.10. The summed E-state index contributed by atoms with van der Waals surface area (Å²) >= 11 is 1.62. The van der Waals surface area contributed by atoms with Crippen LogP contribution in [0.2, 0.25) is 0 Å². The lowest BCUT2D eigenvalue weighted by Gasteiger charge is -2.17. The maximum absolute atomic E-state index is 10.8. The van der Waals surface area contributed by atoms with Crippen LogP contribution in [0.4, 0.5) is 5.69 Å². The van der Waals surface area contributed by atoms with Crippen LogP contribution in [0.15, 0.2) is 29.8 Å². The SMILES string of the molecule is CCC(NCc1scnc1C)c1cccc([N+](=O)[O-])c1. The molecule has 0 aliphatic heterocycles. The van der Waals surface area contributed by atoms with Gasteiger partial charge in [-0.2, -0.15) is 0 Å². The molecule has 20 heavy (non-hydrogen) atoms. The highest BCUT2D eigenvalue weighted by Gasteiger charge is 2.13. The van der Waals surface area contributed by atoms with Crippen LogP contribution in [0.1, 0.15) is 35.5 Å². The predicted octanol–water partition coefficient (Wildman–Crippen LogP) is 3.60. The number of nitrogens with one attached hydrogen (secondary N) is 1. The molecule has 0 aliphatic carbocycles. The fraction of sp³-hybridized carbons (Fsp3) is 0.357. The molecule has 0 fully saturated rings. The molecule has 5 nitrogen and oxygen atoms in total. The summed E-state index contributed by atoms with van der Waals surface area (Å²) in [6.45, 7) is 4.79. The third-order valence-corrected chi connectivity index (χ3v) is 4.18. The number of nitro groups is 1. The van der Waals surface area contributed by atoms with Crippen LogP contribution in [0, 0.1) is 17.0 Å². The minimum absolute atomic E-state index is 0.108. The molecule has 1 heterocycles. The molecule has 2 aromatic rings. The van der Waals surface area contributed by atoms with Gasteiger partial charge in [-0.15, -0.1) is 11.3 Å². The van der Waals surface area contributed by atoms with Gasteiger partial charge in [-0.25, -0.2) is 4.98 Å². The van der Waals surface area contributed by atoms with Gasteiger partial charge in [0.1, 0.15) is 0 Å². The van der Waals surface area contributed by atoms with Crippen LogP contribution in [0.25, 0.3) is 0 Å².